The molecule has 1 N–H and O–H groups in total. The lowest BCUT2D eigenvalue weighted by Gasteiger charge is -2.41. The zero-order chi connectivity index (χ0) is 21.2. The molecule has 29 heavy (non-hydrogen) atoms. The summed E-state index contributed by atoms with van der Waals surface area (Å²) in [6.07, 6.45) is 1.80. The van der Waals surface area contributed by atoms with Gasteiger partial charge in [0.1, 0.15) is 23.0 Å². The molecule has 0 aliphatic carbocycles. The van der Waals surface area contributed by atoms with E-state index in [0.29, 0.717) is 17.1 Å². The standard InChI is InChI=1S/C20H24FN3O4S/c1-4-29(26,27)24(13-19(25)23-18-7-5-6-10-22-18)16-12-20(2,3)28-17-9-8-14(21)11-15(16)17/h5-11,16H,4,12-13H2,1-3H3,(H,22,23,25). The summed E-state index contributed by atoms with van der Waals surface area (Å²) < 4.78 is 46.8. The monoisotopic (exact) mass is 421 g/mol. The molecular formula is C20H24FN3O4S. The van der Waals surface area contributed by atoms with Crippen molar-refractivity contribution in [2.24, 2.45) is 0 Å². The summed E-state index contributed by atoms with van der Waals surface area (Å²) in [6.45, 7) is 4.76. The van der Waals surface area contributed by atoms with Crippen molar-refractivity contribution in [3.05, 3.63) is 54.0 Å². The van der Waals surface area contributed by atoms with Crippen LogP contribution in [-0.4, -0.2) is 41.5 Å². The van der Waals surface area contributed by atoms with E-state index in [9.17, 15) is 17.6 Å². The van der Waals surface area contributed by atoms with Crippen molar-refractivity contribution in [1.29, 1.82) is 0 Å². The van der Waals surface area contributed by atoms with Crippen molar-refractivity contribution in [1.82, 2.24) is 9.29 Å². The van der Waals surface area contributed by atoms with Crippen LogP contribution in [0.4, 0.5) is 10.2 Å². The number of pyridine rings is 1. The van der Waals surface area contributed by atoms with Gasteiger partial charge >= 0.3 is 0 Å². The van der Waals surface area contributed by atoms with Gasteiger partial charge in [-0.2, -0.15) is 4.31 Å². The average Bonchev–Trinajstić information content (AvgIpc) is 2.66. The number of amides is 1. The van der Waals surface area contributed by atoms with E-state index in [-0.39, 0.29) is 12.2 Å². The molecule has 1 amide bonds. The highest BCUT2D eigenvalue weighted by Gasteiger charge is 2.41. The quantitative estimate of drug-likeness (QED) is 0.774. The van der Waals surface area contributed by atoms with Gasteiger partial charge in [-0.25, -0.2) is 17.8 Å². The molecule has 0 spiro atoms. The number of carbonyl (C=O) groups excluding carboxylic acids is 1. The topological polar surface area (TPSA) is 88.6 Å². The molecule has 1 aromatic carbocycles. The van der Waals surface area contributed by atoms with Crippen LogP contribution in [0.25, 0.3) is 0 Å². The van der Waals surface area contributed by atoms with Crippen LogP contribution in [0, 0.1) is 5.82 Å². The molecule has 1 aliphatic heterocycles. The minimum atomic E-state index is -3.78. The van der Waals surface area contributed by atoms with E-state index in [2.05, 4.69) is 10.3 Å². The van der Waals surface area contributed by atoms with Gasteiger partial charge in [-0.15, -0.1) is 0 Å². The SMILES string of the molecule is CCS(=O)(=O)N(CC(=O)Nc1ccccn1)C1CC(C)(C)Oc2ccc(F)cc21. The Morgan fingerprint density at radius 2 is 2.10 bits per heavy atom. The highest BCUT2D eigenvalue weighted by Crippen LogP contribution is 2.43. The molecule has 9 heteroatoms. The van der Waals surface area contributed by atoms with Gasteiger partial charge in [0.05, 0.1) is 18.3 Å². The Bertz CT molecular complexity index is 996. The third-order valence-corrected chi connectivity index (χ3v) is 6.53. The maximum absolute atomic E-state index is 13.9. The second-order valence-corrected chi connectivity index (χ2v) is 9.68. The van der Waals surface area contributed by atoms with Crippen molar-refractivity contribution in [2.45, 2.75) is 38.8 Å². The maximum Gasteiger partial charge on any atom is 0.240 e. The number of benzene rings is 1. The van der Waals surface area contributed by atoms with Crippen LogP contribution in [0.3, 0.4) is 0 Å². The van der Waals surface area contributed by atoms with Gasteiger partial charge in [-0.3, -0.25) is 4.79 Å². The summed E-state index contributed by atoms with van der Waals surface area (Å²) in [6, 6.07) is 8.32. The minimum Gasteiger partial charge on any atom is -0.487 e. The van der Waals surface area contributed by atoms with E-state index in [1.165, 1.54) is 31.3 Å². The first-order chi connectivity index (χ1) is 13.6. The van der Waals surface area contributed by atoms with E-state index in [4.69, 9.17) is 4.74 Å². The second kappa shape index (κ2) is 8.08. The van der Waals surface area contributed by atoms with Gasteiger partial charge in [-0.05, 0) is 51.1 Å². The molecule has 0 fully saturated rings. The Morgan fingerprint density at radius 1 is 1.34 bits per heavy atom. The van der Waals surface area contributed by atoms with Gasteiger partial charge in [0.15, 0.2) is 0 Å². The fourth-order valence-electron chi connectivity index (χ4n) is 3.37. The summed E-state index contributed by atoms with van der Waals surface area (Å²) in [5, 5.41) is 2.60. The first-order valence-corrected chi connectivity index (χ1v) is 10.9. The van der Waals surface area contributed by atoms with Crippen LogP contribution in [0.15, 0.2) is 42.6 Å². The number of sulfonamides is 1. The highest BCUT2D eigenvalue weighted by atomic mass is 32.2. The number of anilines is 1. The number of fused-ring (bicyclic) bond motifs is 1. The summed E-state index contributed by atoms with van der Waals surface area (Å²) in [4.78, 5) is 16.6. The second-order valence-electron chi connectivity index (χ2n) is 7.47. The lowest BCUT2D eigenvalue weighted by molar-refractivity contribution is -0.117. The fourth-order valence-corrected chi connectivity index (χ4v) is 4.59. The van der Waals surface area contributed by atoms with Crippen LogP contribution in [0.5, 0.6) is 5.75 Å². The maximum atomic E-state index is 13.9. The number of halogens is 1. The first-order valence-electron chi connectivity index (χ1n) is 9.30. The Labute approximate surface area is 169 Å². The zero-order valence-electron chi connectivity index (χ0n) is 16.6. The number of ether oxygens (including phenoxy) is 1. The van der Waals surface area contributed by atoms with Crippen LogP contribution < -0.4 is 10.1 Å². The van der Waals surface area contributed by atoms with E-state index >= 15 is 0 Å². The Balaban J connectivity index is 1.97. The van der Waals surface area contributed by atoms with Crippen molar-refractivity contribution in [2.75, 3.05) is 17.6 Å². The van der Waals surface area contributed by atoms with Crippen molar-refractivity contribution < 1.29 is 22.3 Å². The number of hydrogen-bond acceptors (Lipinski definition) is 5. The molecule has 0 bridgehead atoms. The number of rotatable bonds is 6. The number of aromatic nitrogens is 1. The molecule has 1 atom stereocenters. The molecule has 0 saturated carbocycles. The molecule has 1 aromatic heterocycles. The van der Waals surface area contributed by atoms with Gasteiger partial charge in [0, 0.05) is 18.2 Å². The molecule has 1 unspecified atom stereocenters. The summed E-state index contributed by atoms with van der Waals surface area (Å²) >= 11 is 0. The third-order valence-electron chi connectivity index (χ3n) is 4.70. The highest BCUT2D eigenvalue weighted by molar-refractivity contribution is 7.89. The largest absolute Gasteiger partial charge is 0.487 e. The number of hydrogen-bond donors (Lipinski definition) is 1. The molecule has 0 radical (unpaired) electrons. The number of nitrogens with zero attached hydrogens (tertiary/aromatic N) is 2. The molecule has 7 nitrogen and oxygen atoms in total. The average molecular weight is 421 g/mol. The van der Waals surface area contributed by atoms with E-state index in [1.54, 1.807) is 18.2 Å². The van der Waals surface area contributed by atoms with E-state index < -0.39 is 39.9 Å². The molecule has 2 heterocycles. The Morgan fingerprint density at radius 3 is 2.76 bits per heavy atom. The smallest absolute Gasteiger partial charge is 0.240 e. The van der Waals surface area contributed by atoms with Gasteiger partial charge < -0.3 is 10.1 Å². The normalized spacial score (nSPS) is 18.0. The molecule has 0 saturated heterocycles. The zero-order valence-corrected chi connectivity index (χ0v) is 17.4. The summed E-state index contributed by atoms with van der Waals surface area (Å²) in [5.74, 6) is -0.474. The predicted molar refractivity (Wildman–Crippen MR) is 107 cm³/mol. The Hall–Kier alpha value is -2.52. The van der Waals surface area contributed by atoms with Gasteiger partial charge in [-0.1, -0.05) is 6.07 Å². The predicted octanol–water partition coefficient (Wildman–Crippen LogP) is 3.11. The van der Waals surface area contributed by atoms with E-state index in [1.807, 2.05) is 13.8 Å². The lowest BCUT2D eigenvalue weighted by Crippen LogP contribution is -2.47. The van der Waals surface area contributed by atoms with Crippen molar-refractivity contribution in [3.8, 4) is 5.75 Å². The van der Waals surface area contributed by atoms with Gasteiger partial charge in [0.2, 0.25) is 15.9 Å². The molecule has 156 valence electrons. The lowest BCUT2D eigenvalue weighted by atomic mass is 9.89. The third kappa shape index (κ3) is 4.91. The minimum absolute atomic E-state index is 0.188. The Kier molecular flexibility index (Phi) is 5.90. The molecule has 2 aromatic rings. The van der Waals surface area contributed by atoms with Crippen LogP contribution in [-0.2, 0) is 14.8 Å². The molecular weight excluding hydrogens is 397 g/mol. The van der Waals surface area contributed by atoms with Crippen LogP contribution >= 0.6 is 0 Å². The van der Waals surface area contributed by atoms with E-state index in [0.717, 1.165) is 4.31 Å². The summed E-state index contributed by atoms with van der Waals surface area (Å²) in [5.41, 5.74) is -0.277. The fraction of sp³-hybridized carbons (Fsp3) is 0.400. The molecule has 3 rings (SSSR count). The van der Waals surface area contributed by atoms with Crippen LogP contribution in [0.1, 0.15) is 38.8 Å². The van der Waals surface area contributed by atoms with Gasteiger partial charge in [0.25, 0.3) is 0 Å². The molecule has 1 aliphatic rings. The van der Waals surface area contributed by atoms with Crippen molar-refractivity contribution >= 4 is 21.7 Å². The van der Waals surface area contributed by atoms with Crippen LogP contribution in [0.2, 0.25) is 0 Å². The number of nitrogens with one attached hydrogen (secondary N) is 1. The summed E-state index contributed by atoms with van der Waals surface area (Å²) in [7, 11) is -3.78. The van der Waals surface area contributed by atoms with Crippen molar-refractivity contribution in [3.63, 3.8) is 0 Å². The number of carbonyl (C=O) groups is 1. The first kappa shape index (κ1) is 21.2.